The average Bonchev–Trinajstić information content (AvgIpc) is 2.65. The second kappa shape index (κ2) is 5.75. The standard InChI is InChI=1S/C14H15NO2S2/c1-9(2)15-13(16)12(19-14(15)18)8-10-4-6-11(17-3)7-5-10/h4-9H,1-3H3/b12-8+. The summed E-state index contributed by atoms with van der Waals surface area (Å²) in [6.07, 6.45) is 1.86. The van der Waals surface area contributed by atoms with Gasteiger partial charge in [-0.3, -0.25) is 9.69 Å². The zero-order valence-electron chi connectivity index (χ0n) is 11.0. The number of carbonyl (C=O) groups excluding carboxylic acids is 1. The predicted molar refractivity (Wildman–Crippen MR) is 83.1 cm³/mol. The van der Waals surface area contributed by atoms with Crippen LogP contribution in [0.2, 0.25) is 0 Å². The molecule has 5 heteroatoms. The van der Waals surface area contributed by atoms with Crippen molar-refractivity contribution in [1.82, 2.24) is 4.90 Å². The van der Waals surface area contributed by atoms with Gasteiger partial charge in [-0.05, 0) is 37.6 Å². The van der Waals surface area contributed by atoms with Crippen LogP contribution in [0.25, 0.3) is 6.08 Å². The largest absolute Gasteiger partial charge is 0.497 e. The summed E-state index contributed by atoms with van der Waals surface area (Å²) < 4.78 is 5.73. The molecule has 0 spiro atoms. The molecular formula is C14H15NO2S2. The van der Waals surface area contributed by atoms with E-state index in [0.717, 1.165) is 11.3 Å². The number of thiocarbonyl (C=S) groups is 1. The number of nitrogens with zero attached hydrogens (tertiary/aromatic N) is 1. The molecule has 100 valence electrons. The Morgan fingerprint density at radius 2 is 1.95 bits per heavy atom. The van der Waals surface area contributed by atoms with E-state index in [-0.39, 0.29) is 11.9 Å². The fourth-order valence-corrected chi connectivity index (χ4v) is 3.30. The SMILES string of the molecule is COc1ccc(/C=C2/SC(=S)N(C(C)C)C2=O)cc1. The van der Waals surface area contributed by atoms with E-state index in [2.05, 4.69) is 0 Å². The van der Waals surface area contributed by atoms with E-state index < -0.39 is 0 Å². The van der Waals surface area contributed by atoms with Crippen molar-refractivity contribution < 1.29 is 9.53 Å². The molecule has 1 amide bonds. The minimum atomic E-state index is -0.0131. The summed E-state index contributed by atoms with van der Waals surface area (Å²) in [5.41, 5.74) is 0.963. The van der Waals surface area contributed by atoms with Crippen molar-refractivity contribution in [3.63, 3.8) is 0 Å². The lowest BCUT2D eigenvalue weighted by Gasteiger charge is -2.18. The lowest BCUT2D eigenvalue weighted by molar-refractivity contribution is -0.123. The first-order chi connectivity index (χ1) is 9.02. The maximum atomic E-state index is 12.2. The molecule has 2 rings (SSSR count). The van der Waals surface area contributed by atoms with Crippen molar-refractivity contribution in [1.29, 1.82) is 0 Å². The summed E-state index contributed by atoms with van der Waals surface area (Å²) in [5, 5.41) is 0. The Kier molecular flexibility index (Phi) is 4.27. The number of methoxy groups -OCH3 is 1. The molecule has 0 aliphatic carbocycles. The Morgan fingerprint density at radius 3 is 2.42 bits per heavy atom. The van der Waals surface area contributed by atoms with E-state index in [4.69, 9.17) is 17.0 Å². The number of carbonyl (C=O) groups is 1. The number of ether oxygens (including phenoxy) is 1. The van der Waals surface area contributed by atoms with Crippen LogP contribution in [0.3, 0.4) is 0 Å². The monoisotopic (exact) mass is 293 g/mol. The molecule has 0 unspecified atom stereocenters. The van der Waals surface area contributed by atoms with E-state index in [1.54, 1.807) is 12.0 Å². The molecule has 0 bridgehead atoms. The highest BCUT2D eigenvalue weighted by Crippen LogP contribution is 2.33. The van der Waals surface area contributed by atoms with Crippen LogP contribution in [-0.4, -0.2) is 28.3 Å². The molecular weight excluding hydrogens is 278 g/mol. The Bertz CT molecular complexity index is 535. The van der Waals surface area contributed by atoms with E-state index in [0.29, 0.717) is 9.23 Å². The first kappa shape index (κ1) is 14.1. The van der Waals surface area contributed by atoms with Crippen LogP contribution in [0.5, 0.6) is 5.75 Å². The van der Waals surface area contributed by atoms with Crippen LogP contribution in [0, 0.1) is 0 Å². The van der Waals surface area contributed by atoms with Gasteiger partial charge in [0.25, 0.3) is 5.91 Å². The topological polar surface area (TPSA) is 29.5 Å². The Balaban J connectivity index is 2.24. The van der Waals surface area contributed by atoms with Crippen LogP contribution >= 0.6 is 24.0 Å². The summed E-state index contributed by atoms with van der Waals surface area (Å²) in [6.45, 7) is 3.92. The minimum absolute atomic E-state index is 0.0131. The van der Waals surface area contributed by atoms with Crippen molar-refractivity contribution >= 4 is 40.3 Å². The maximum Gasteiger partial charge on any atom is 0.266 e. The van der Waals surface area contributed by atoms with Gasteiger partial charge in [-0.25, -0.2) is 0 Å². The lowest BCUT2D eigenvalue weighted by Crippen LogP contribution is -2.34. The third kappa shape index (κ3) is 2.98. The zero-order valence-corrected chi connectivity index (χ0v) is 12.7. The molecule has 0 radical (unpaired) electrons. The number of hydrogen-bond acceptors (Lipinski definition) is 4. The van der Waals surface area contributed by atoms with Crippen LogP contribution in [0.4, 0.5) is 0 Å². The molecule has 1 aromatic rings. The van der Waals surface area contributed by atoms with Gasteiger partial charge in [0.05, 0.1) is 12.0 Å². The van der Waals surface area contributed by atoms with E-state index in [1.807, 2.05) is 44.2 Å². The number of amides is 1. The van der Waals surface area contributed by atoms with E-state index in [1.165, 1.54) is 11.8 Å². The van der Waals surface area contributed by atoms with Gasteiger partial charge < -0.3 is 4.74 Å². The van der Waals surface area contributed by atoms with Crippen LogP contribution in [0.15, 0.2) is 29.2 Å². The highest BCUT2D eigenvalue weighted by atomic mass is 32.2. The molecule has 1 fully saturated rings. The predicted octanol–water partition coefficient (Wildman–Crippen LogP) is 3.30. The molecule has 0 aromatic heterocycles. The average molecular weight is 293 g/mol. The summed E-state index contributed by atoms with van der Waals surface area (Å²) >= 11 is 6.59. The first-order valence-corrected chi connectivity index (χ1v) is 7.16. The fourth-order valence-electron chi connectivity index (χ4n) is 1.78. The van der Waals surface area contributed by atoms with Crippen molar-refractivity contribution in [3.8, 4) is 5.75 Å². The van der Waals surface area contributed by atoms with Crippen molar-refractivity contribution in [3.05, 3.63) is 34.7 Å². The van der Waals surface area contributed by atoms with Gasteiger partial charge in [-0.15, -0.1) is 0 Å². The van der Waals surface area contributed by atoms with Gasteiger partial charge in [0.1, 0.15) is 10.1 Å². The van der Waals surface area contributed by atoms with Gasteiger partial charge in [0, 0.05) is 6.04 Å². The molecule has 1 aliphatic heterocycles. The second-order valence-corrected chi connectivity index (χ2v) is 6.09. The summed E-state index contributed by atoms with van der Waals surface area (Å²) in [5.74, 6) is 0.785. The Hall–Kier alpha value is -1.33. The number of hydrogen-bond donors (Lipinski definition) is 0. The lowest BCUT2D eigenvalue weighted by atomic mass is 10.2. The zero-order chi connectivity index (χ0) is 14.0. The molecule has 0 atom stereocenters. The Morgan fingerprint density at radius 1 is 1.32 bits per heavy atom. The molecule has 1 aromatic carbocycles. The summed E-state index contributed by atoms with van der Waals surface area (Å²) in [7, 11) is 1.63. The van der Waals surface area contributed by atoms with Crippen LogP contribution in [-0.2, 0) is 4.79 Å². The fraction of sp³-hybridized carbons (Fsp3) is 0.286. The quantitative estimate of drug-likeness (QED) is 0.632. The minimum Gasteiger partial charge on any atom is -0.497 e. The molecule has 1 aliphatic rings. The van der Waals surface area contributed by atoms with Crippen molar-refractivity contribution in [2.24, 2.45) is 0 Å². The van der Waals surface area contributed by atoms with Crippen LogP contribution < -0.4 is 4.74 Å². The van der Waals surface area contributed by atoms with E-state index >= 15 is 0 Å². The van der Waals surface area contributed by atoms with Crippen molar-refractivity contribution in [2.75, 3.05) is 7.11 Å². The second-order valence-electron chi connectivity index (χ2n) is 4.42. The van der Waals surface area contributed by atoms with Gasteiger partial charge in [0.15, 0.2) is 0 Å². The van der Waals surface area contributed by atoms with Crippen LogP contribution in [0.1, 0.15) is 19.4 Å². The third-order valence-electron chi connectivity index (χ3n) is 2.75. The first-order valence-electron chi connectivity index (χ1n) is 5.94. The highest BCUT2D eigenvalue weighted by molar-refractivity contribution is 8.26. The molecule has 0 saturated carbocycles. The maximum absolute atomic E-state index is 12.2. The van der Waals surface area contributed by atoms with Gasteiger partial charge in [0.2, 0.25) is 0 Å². The number of benzene rings is 1. The molecule has 1 saturated heterocycles. The summed E-state index contributed by atoms with van der Waals surface area (Å²) in [4.78, 5) is 14.5. The van der Waals surface area contributed by atoms with Gasteiger partial charge in [-0.1, -0.05) is 36.1 Å². The molecule has 19 heavy (non-hydrogen) atoms. The molecule has 0 N–H and O–H groups in total. The highest BCUT2D eigenvalue weighted by Gasteiger charge is 2.33. The van der Waals surface area contributed by atoms with Gasteiger partial charge >= 0.3 is 0 Å². The third-order valence-corrected chi connectivity index (χ3v) is 4.08. The summed E-state index contributed by atoms with van der Waals surface area (Å²) in [6, 6.07) is 7.67. The smallest absolute Gasteiger partial charge is 0.266 e. The molecule has 3 nitrogen and oxygen atoms in total. The normalized spacial score (nSPS) is 17.7. The Labute approximate surface area is 122 Å². The van der Waals surface area contributed by atoms with Gasteiger partial charge in [-0.2, -0.15) is 0 Å². The van der Waals surface area contributed by atoms with Crippen molar-refractivity contribution in [2.45, 2.75) is 19.9 Å². The molecule has 1 heterocycles. The number of thioether (sulfide) groups is 1. The van der Waals surface area contributed by atoms with E-state index in [9.17, 15) is 4.79 Å². The number of rotatable bonds is 3.